The maximum atomic E-state index is 13.0. The van der Waals surface area contributed by atoms with Crippen molar-refractivity contribution in [1.82, 2.24) is 19.6 Å². The van der Waals surface area contributed by atoms with Crippen LogP contribution in [0.5, 0.6) is 0 Å². The van der Waals surface area contributed by atoms with E-state index < -0.39 is 0 Å². The van der Waals surface area contributed by atoms with E-state index in [1.807, 2.05) is 70.8 Å². The Balaban J connectivity index is 1.28. The number of aromatic nitrogens is 2. The number of amides is 2. The van der Waals surface area contributed by atoms with Gasteiger partial charge in [-0.1, -0.05) is 41.9 Å². The van der Waals surface area contributed by atoms with Crippen LogP contribution in [0.2, 0.25) is 5.02 Å². The molecule has 0 aliphatic carbocycles. The zero-order chi connectivity index (χ0) is 24.1. The summed E-state index contributed by atoms with van der Waals surface area (Å²) in [5, 5.41) is 5.32. The normalized spacial score (nSPS) is 13.9. The highest BCUT2D eigenvalue weighted by Gasteiger charge is 2.25. The molecule has 0 spiro atoms. The smallest absolute Gasteiger partial charge is 0.227 e. The second-order valence-electron chi connectivity index (χ2n) is 8.82. The molecule has 1 aliphatic heterocycles. The standard InChI is InChI=1S/C27H31ClN4O2/c1-20-25(21(2)32(29-20)24-13-11-23(28)12-14-24)19-27(34)31-17-15-30(16-18-31)26(33)10-6-9-22-7-4-3-5-8-22/h3-5,7-8,11-14H,6,9-10,15-19H2,1-2H3. The van der Waals surface area contributed by atoms with Crippen LogP contribution in [-0.4, -0.2) is 57.6 Å². The van der Waals surface area contributed by atoms with Crippen molar-refractivity contribution in [2.75, 3.05) is 26.2 Å². The SMILES string of the molecule is Cc1nn(-c2ccc(Cl)cc2)c(C)c1CC(=O)N1CCN(C(=O)CCCc2ccccc2)CC1. The van der Waals surface area contributed by atoms with Gasteiger partial charge in [-0.3, -0.25) is 9.59 Å². The molecule has 0 saturated carbocycles. The highest BCUT2D eigenvalue weighted by atomic mass is 35.5. The summed E-state index contributed by atoms with van der Waals surface area (Å²) in [4.78, 5) is 29.4. The first-order valence-corrected chi connectivity index (χ1v) is 12.2. The topological polar surface area (TPSA) is 58.4 Å². The number of carbonyl (C=O) groups excluding carboxylic acids is 2. The summed E-state index contributed by atoms with van der Waals surface area (Å²) in [6.07, 6.45) is 2.62. The zero-order valence-electron chi connectivity index (χ0n) is 19.8. The molecule has 1 saturated heterocycles. The lowest BCUT2D eigenvalue weighted by molar-refractivity contribution is -0.139. The summed E-state index contributed by atoms with van der Waals surface area (Å²) in [6, 6.07) is 17.8. The van der Waals surface area contributed by atoms with E-state index in [0.29, 0.717) is 44.0 Å². The summed E-state index contributed by atoms with van der Waals surface area (Å²) in [5.41, 5.74) is 4.95. The average molecular weight is 479 g/mol. The summed E-state index contributed by atoms with van der Waals surface area (Å²) >= 11 is 6.01. The molecule has 2 heterocycles. The molecule has 178 valence electrons. The lowest BCUT2D eigenvalue weighted by atomic mass is 10.1. The van der Waals surface area contributed by atoms with E-state index in [-0.39, 0.29) is 11.8 Å². The summed E-state index contributed by atoms with van der Waals surface area (Å²) in [5.74, 6) is 0.261. The largest absolute Gasteiger partial charge is 0.339 e. The zero-order valence-corrected chi connectivity index (χ0v) is 20.6. The molecule has 34 heavy (non-hydrogen) atoms. The Hall–Kier alpha value is -3.12. The van der Waals surface area contributed by atoms with Crippen LogP contribution in [0.4, 0.5) is 0 Å². The van der Waals surface area contributed by atoms with E-state index in [2.05, 4.69) is 17.2 Å². The van der Waals surface area contributed by atoms with Gasteiger partial charge in [-0.15, -0.1) is 0 Å². The van der Waals surface area contributed by atoms with Gasteiger partial charge in [0.25, 0.3) is 0 Å². The van der Waals surface area contributed by atoms with E-state index in [1.54, 1.807) is 0 Å². The third kappa shape index (κ3) is 5.68. The molecule has 2 amide bonds. The number of carbonyl (C=O) groups is 2. The molecule has 1 aliphatic rings. The summed E-state index contributed by atoms with van der Waals surface area (Å²) in [7, 11) is 0. The minimum Gasteiger partial charge on any atom is -0.339 e. The van der Waals surface area contributed by atoms with Crippen LogP contribution < -0.4 is 0 Å². The summed E-state index contributed by atoms with van der Waals surface area (Å²) < 4.78 is 1.86. The van der Waals surface area contributed by atoms with Crippen LogP contribution in [0, 0.1) is 13.8 Å². The number of benzene rings is 2. The maximum absolute atomic E-state index is 13.0. The molecule has 7 heteroatoms. The van der Waals surface area contributed by atoms with Crippen molar-refractivity contribution in [3.63, 3.8) is 0 Å². The minimum absolute atomic E-state index is 0.0815. The second-order valence-corrected chi connectivity index (χ2v) is 9.25. The van der Waals surface area contributed by atoms with E-state index >= 15 is 0 Å². The van der Waals surface area contributed by atoms with Gasteiger partial charge < -0.3 is 9.80 Å². The third-order valence-electron chi connectivity index (χ3n) is 6.52. The molecule has 1 aromatic heterocycles. The Kier molecular flexibility index (Phi) is 7.68. The fourth-order valence-corrected chi connectivity index (χ4v) is 4.61. The summed E-state index contributed by atoms with van der Waals surface area (Å²) in [6.45, 7) is 6.27. The predicted molar refractivity (Wildman–Crippen MR) is 134 cm³/mol. The fourth-order valence-electron chi connectivity index (χ4n) is 4.48. The Bertz CT molecular complexity index is 1130. The number of rotatable bonds is 7. The quantitative estimate of drug-likeness (QED) is 0.506. The van der Waals surface area contributed by atoms with Gasteiger partial charge >= 0.3 is 0 Å². The first-order valence-electron chi connectivity index (χ1n) is 11.8. The number of halogens is 1. The van der Waals surface area contributed by atoms with E-state index in [1.165, 1.54) is 5.56 Å². The van der Waals surface area contributed by atoms with Crippen molar-refractivity contribution in [3.8, 4) is 5.69 Å². The van der Waals surface area contributed by atoms with Crippen molar-refractivity contribution >= 4 is 23.4 Å². The van der Waals surface area contributed by atoms with Crippen molar-refractivity contribution in [2.45, 2.75) is 39.5 Å². The molecule has 0 bridgehead atoms. The van der Waals surface area contributed by atoms with Crippen LogP contribution in [0.3, 0.4) is 0 Å². The lowest BCUT2D eigenvalue weighted by Crippen LogP contribution is -2.51. The molecule has 4 rings (SSSR count). The van der Waals surface area contributed by atoms with Crippen molar-refractivity contribution in [3.05, 3.63) is 82.1 Å². The van der Waals surface area contributed by atoms with Crippen LogP contribution >= 0.6 is 11.6 Å². The number of hydrogen-bond acceptors (Lipinski definition) is 3. The Labute approximate surface area is 206 Å². The molecule has 0 atom stereocenters. The maximum Gasteiger partial charge on any atom is 0.227 e. The highest BCUT2D eigenvalue weighted by Crippen LogP contribution is 2.21. The van der Waals surface area contributed by atoms with E-state index in [0.717, 1.165) is 35.5 Å². The van der Waals surface area contributed by atoms with Gasteiger partial charge in [-0.2, -0.15) is 5.10 Å². The van der Waals surface area contributed by atoms with Crippen LogP contribution in [0.1, 0.15) is 35.4 Å². The van der Waals surface area contributed by atoms with Gasteiger partial charge in [-0.25, -0.2) is 4.68 Å². The van der Waals surface area contributed by atoms with Crippen molar-refractivity contribution in [2.24, 2.45) is 0 Å². The van der Waals surface area contributed by atoms with E-state index in [4.69, 9.17) is 11.6 Å². The van der Waals surface area contributed by atoms with Crippen molar-refractivity contribution < 1.29 is 9.59 Å². The number of hydrogen-bond donors (Lipinski definition) is 0. The van der Waals surface area contributed by atoms with Gasteiger partial charge in [0.15, 0.2) is 0 Å². The van der Waals surface area contributed by atoms with Gasteiger partial charge in [0.05, 0.1) is 17.8 Å². The van der Waals surface area contributed by atoms with Crippen LogP contribution in [-0.2, 0) is 22.4 Å². The molecular formula is C27H31ClN4O2. The molecule has 1 fully saturated rings. The Morgan fingerprint density at radius 3 is 2.15 bits per heavy atom. The number of nitrogens with zero attached hydrogens (tertiary/aromatic N) is 4. The first kappa shape index (κ1) is 24.0. The lowest BCUT2D eigenvalue weighted by Gasteiger charge is -2.35. The highest BCUT2D eigenvalue weighted by molar-refractivity contribution is 6.30. The molecule has 0 radical (unpaired) electrons. The van der Waals surface area contributed by atoms with Gasteiger partial charge in [-0.05, 0) is 56.5 Å². The Morgan fingerprint density at radius 2 is 1.50 bits per heavy atom. The van der Waals surface area contributed by atoms with Gasteiger partial charge in [0, 0.05) is 48.9 Å². The molecule has 2 aromatic carbocycles. The minimum atomic E-state index is 0.0815. The monoisotopic (exact) mass is 478 g/mol. The second kappa shape index (κ2) is 10.9. The molecule has 0 N–H and O–H groups in total. The van der Waals surface area contributed by atoms with E-state index in [9.17, 15) is 9.59 Å². The fraction of sp³-hybridized carbons (Fsp3) is 0.370. The van der Waals surface area contributed by atoms with Crippen molar-refractivity contribution in [1.29, 1.82) is 0 Å². The molecule has 3 aromatic rings. The Morgan fingerprint density at radius 1 is 0.882 bits per heavy atom. The number of aryl methyl sites for hydroxylation is 2. The van der Waals surface area contributed by atoms with Crippen LogP contribution in [0.25, 0.3) is 5.69 Å². The van der Waals surface area contributed by atoms with Crippen LogP contribution in [0.15, 0.2) is 54.6 Å². The first-order chi connectivity index (χ1) is 16.4. The third-order valence-corrected chi connectivity index (χ3v) is 6.78. The average Bonchev–Trinajstić information content (AvgIpc) is 3.13. The number of piperazine rings is 1. The predicted octanol–water partition coefficient (Wildman–Crippen LogP) is 4.38. The van der Waals surface area contributed by atoms with Gasteiger partial charge in [0.2, 0.25) is 11.8 Å². The molecule has 0 unspecified atom stereocenters. The molecule has 6 nitrogen and oxygen atoms in total. The van der Waals surface area contributed by atoms with Gasteiger partial charge in [0.1, 0.15) is 0 Å². The molecular weight excluding hydrogens is 448 g/mol.